The van der Waals surface area contributed by atoms with E-state index in [-0.39, 0.29) is 0 Å². The van der Waals surface area contributed by atoms with Crippen molar-refractivity contribution < 1.29 is 0 Å². The molecule has 1 heterocycles. The average Bonchev–Trinajstić information content (AvgIpc) is 2.93. The van der Waals surface area contributed by atoms with Gasteiger partial charge < -0.3 is 10.6 Å². The maximum absolute atomic E-state index is 6.15. The van der Waals surface area contributed by atoms with E-state index in [9.17, 15) is 0 Å². The van der Waals surface area contributed by atoms with Gasteiger partial charge in [-0.2, -0.15) is 0 Å². The second kappa shape index (κ2) is 5.13. The molecule has 2 heteroatoms. The van der Waals surface area contributed by atoms with Gasteiger partial charge in [0.15, 0.2) is 0 Å². The van der Waals surface area contributed by atoms with Crippen molar-refractivity contribution in [3.63, 3.8) is 0 Å². The van der Waals surface area contributed by atoms with E-state index >= 15 is 0 Å². The summed E-state index contributed by atoms with van der Waals surface area (Å²) in [5.41, 5.74) is 6.15. The summed E-state index contributed by atoms with van der Waals surface area (Å²) >= 11 is 0. The first-order chi connectivity index (χ1) is 6.84. The van der Waals surface area contributed by atoms with Gasteiger partial charge in [-0.3, -0.25) is 0 Å². The number of likely N-dealkylation sites (tertiary alicyclic amines) is 1. The number of rotatable bonds is 4. The molecular formula is C12H24N2. The highest BCUT2D eigenvalue weighted by atomic mass is 15.1. The van der Waals surface area contributed by atoms with Crippen molar-refractivity contribution in [2.24, 2.45) is 11.7 Å². The van der Waals surface area contributed by atoms with Crippen LogP contribution in [0.1, 0.15) is 44.9 Å². The third-order valence-corrected chi connectivity index (χ3v) is 3.52. The molecule has 0 aromatic heterocycles. The lowest BCUT2D eigenvalue weighted by Crippen LogP contribution is -2.38. The molecular weight excluding hydrogens is 172 g/mol. The van der Waals surface area contributed by atoms with Crippen LogP contribution in [0.15, 0.2) is 0 Å². The minimum Gasteiger partial charge on any atom is -0.327 e. The molecule has 0 spiro atoms. The van der Waals surface area contributed by atoms with Crippen molar-refractivity contribution in [1.29, 1.82) is 0 Å². The molecule has 2 aliphatic rings. The van der Waals surface area contributed by atoms with Crippen LogP contribution in [-0.4, -0.2) is 30.6 Å². The minimum atomic E-state index is 0.445. The van der Waals surface area contributed by atoms with Crippen molar-refractivity contribution >= 4 is 0 Å². The summed E-state index contributed by atoms with van der Waals surface area (Å²) in [4.78, 5) is 2.58. The maximum atomic E-state index is 6.15. The van der Waals surface area contributed by atoms with E-state index in [4.69, 9.17) is 5.73 Å². The molecule has 1 aliphatic carbocycles. The molecule has 2 fully saturated rings. The van der Waals surface area contributed by atoms with Gasteiger partial charge in [-0.05, 0) is 38.3 Å². The lowest BCUT2D eigenvalue weighted by Gasteiger charge is -2.23. The van der Waals surface area contributed by atoms with E-state index in [0.29, 0.717) is 6.04 Å². The molecule has 2 N–H and O–H groups in total. The van der Waals surface area contributed by atoms with E-state index in [2.05, 4.69) is 4.90 Å². The molecule has 1 saturated carbocycles. The smallest absolute Gasteiger partial charge is 0.0170 e. The molecule has 1 aliphatic heterocycles. The number of nitrogens with two attached hydrogens (primary N) is 1. The summed E-state index contributed by atoms with van der Waals surface area (Å²) in [6.45, 7) is 3.73. The minimum absolute atomic E-state index is 0.445. The van der Waals surface area contributed by atoms with Gasteiger partial charge in [-0.15, -0.1) is 0 Å². The highest BCUT2D eigenvalue weighted by Crippen LogP contribution is 2.33. The Morgan fingerprint density at radius 2 is 1.71 bits per heavy atom. The molecule has 0 aromatic rings. The van der Waals surface area contributed by atoms with Gasteiger partial charge in [-0.25, -0.2) is 0 Å². The van der Waals surface area contributed by atoms with Crippen LogP contribution in [0.2, 0.25) is 0 Å². The second-order valence-electron chi connectivity index (χ2n) is 5.15. The Balaban J connectivity index is 1.65. The van der Waals surface area contributed by atoms with Gasteiger partial charge in [0, 0.05) is 12.6 Å². The second-order valence-corrected chi connectivity index (χ2v) is 5.15. The van der Waals surface area contributed by atoms with Gasteiger partial charge in [0.2, 0.25) is 0 Å². The molecule has 82 valence electrons. The Morgan fingerprint density at radius 3 is 2.29 bits per heavy atom. The SMILES string of the molecule is NC(CC1CC1)CN1CCCCCC1. The Labute approximate surface area is 87.8 Å². The van der Waals surface area contributed by atoms with Crippen molar-refractivity contribution in [2.45, 2.75) is 51.0 Å². The summed E-state index contributed by atoms with van der Waals surface area (Å²) < 4.78 is 0. The summed E-state index contributed by atoms with van der Waals surface area (Å²) in [6.07, 6.45) is 9.77. The van der Waals surface area contributed by atoms with E-state index in [1.807, 2.05) is 0 Å². The number of hydrogen-bond donors (Lipinski definition) is 1. The van der Waals surface area contributed by atoms with Gasteiger partial charge in [0.25, 0.3) is 0 Å². The van der Waals surface area contributed by atoms with Crippen LogP contribution in [0.4, 0.5) is 0 Å². The van der Waals surface area contributed by atoms with E-state index < -0.39 is 0 Å². The van der Waals surface area contributed by atoms with Gasteiger partial charge >= 0.3 is 0 Å². The first-order valence-electron chi connectivity index (χ1n) is 6.32. The summed E-state index contributed by atoms with van der Waals surface area (Å²) in [5.74, 6) is 0.983. The third kappa shape index (κ3) is 3.58. The van der Waals surface area contributed by atoms with Crippen molar-refractivity contribution in [3.8, 4) is 0 Å². The number of nitrogens with zero attached hydrogens (tertiary/aromatic N) is 1. The van der Waals surface area contributed by atoms with Gasteiger partial charge in [-0.1, -0.05) is 25.7 Å². The topological polar surface area (TPSA) is 29.3 Å². The van der Waals surface area contributed by atoms with Crippen molar-refractivity contribution in [2.75, 3.05) is 19.6 Å². The first kappa shape index (κ1) is 10.4. The zero-order chi connectivity index (χ0) is 9.80. The van der Waals surface area contributed by atoms with E-state index in [1.165, 1.54) is 58.0 Å². The normalized spacial score (nSPS) is 27.2. The molecule has 1 saturated heterocycles. The zero-order valence-electron chi connectivity index (χ0n) is 9.25. The average molecular weight is 196 g/mol. The van der Waals surface area contributed by atoms with Crippen molar-refractivity contribution in [1.82, 2.24) is 4.90 Å². The van der Waals surface area contributed by atoms with Crippen LogP contribution in [0.5, 0.6) is 0 Å². The van der Waals surface area contributed by atoms with E-state index in [0.717, 1.165) is 12.5 Å². The van der Waals surface area contributed by atoms with Crippen LogP contribution >= 0.6 is 0 Å². The Morgan fingerprint density at radius 1 is 1.07 bits per heavy atom. The quantitative estimate of drug-likeness (QED) is 0.745. The zero-order valence-corrected chi connectivity index (χ0v) is 9.25. The highest BCUT2D eigenvalue weighted by Gasteiger charge is 2.24. The molecule has 0 bridgehead atoms. The Kier molecular flexibility index (Phi) is 3.82. The predicted octanol–water partition coefficient (Wildman–Crippen LogP) is 1.99. The fourth-order valence-corrected chi connectivity index (χ4v) is 2.51. The number of hydrogen-bond acceptors (Lipinski definition) is 2. The van der Waals surface area contributed by atoms with Crippen LogP contribution in [-0.2, 0) is 0 Å². The van der Waals surface area contributed by atoms with Crippen LogP contribution < -0.4 is 5.73 Å². The van der Waals surface area contributed by atoms with Gasteiger partial charge in [0.1, 0.15) is 0 Å². The first-order valence-corrected chi connectivity index (χ1v) is 6.32. The van der Waals surface area contributed by atoms with Gasteiger partial charge in [0.05, 0.1) is 0 Å². The summed E-state index contributed by atoms with van der Waals surface area (Å²) in [6, 6.07) is 0.445. The molecule has 0 aromatic carbocycles. The Hall–Kier alpha value is -0.0800. The monoisotopic (exact) mass is 196 g/mol. The lowest BCUT2D eigenvalue weighted by atomic mass is 10.1. The van der Waals surface area contributed by atoms with Crippen LogP contribution in [0, 0.1) is 5.92 Å². The van der Waals surface area contributed by atoms with Crippen LogP contribution in [0.3, 0.4) is 0 Å². The summed E-state index contributed by atoms with van der Waals surface area (Å²) in [7, 11) is 0. The van der Waals surface area contributed by atoms with Crippen LogP contribution in [0.25, 0.3) is 0 Å². The Bertz CT molecular complexity index is 158. The van der Waals surface area contributed by atoms with E-state index in [1.54, 1.807) is 0 Å². The molecule has 1 unspecified atom stereocenters. The lowest BCUT2D eigenvalue weighted by molar-refractivity contribution is 0.259. The van der Waals surface area contributed by atoms with Crippen molar-refractivity contribution in [3.05, 3.63) is 0 Å². The highest BCUT2D eigenvalue weighted by molar-refractivity contribution is 4.80. The fraction of sp³-hybridized carbons (Fsp3) is 1.00. The standard InChI is InChI=1S/C12H24N2/c13-12(9-11-5-6-11)10-14-7-3-1-2-4-8-14/h11-12H,1-10,13H2. The molecule has 14 heavy (non-hydrogen) atoms. The molecule has 0 amide bonds. The third-order valence-electron chi connectivity index (χ3n) is 3.52. The molecule has 2 nitrogen and oxygen atoms in total. The summed E-state index contributed by atoms with van der Waals surface area (Å²) in [5, 5.41) is 0. The largest absolute Gasteiger partial charge is 0.327 e. The predicted molar refractivity (Wildman–Crippen MR) is 60.2 cm³/mol. The molecule has 0 radical (unpaired) electrons. The molecule has 1 atom stereocenters. The maximum Gasteiger partial charge on any atom is 0.0170 e. The fourth-order valence-electron chi connectivity index (χ4n) is 2.51. The molecule has 2 rings (SSSR count).